The topological polar surface area (TPSA) is 92.5 Å². The summed E-state index contributed by atoms with van der Waals surface area (Å²) in [5.74, 6) is 0. The smallest absolute Gasteiger partial charge is 0.407 e. The molecule has 0 bridgehead atoms. The fourth-order valence-electron chi connectivity index (χ4n) is 2.61. The highest BCUT2D eigenvalue weighted by molar-refractivity contribution is 5.83. The van der Waals surface area contributed by atoms with Crippen molar-refractivity contribution in [3.8, 4) is 0 Å². The average Bonchev–Trinajstić information content (AvgIpc) is 2.99. The van der Waals surface area contributed by atoms with Crippen molar-refractivity contribution in [1.82, 2.24) is 15.6 Å². The number of ether oxygens (including phenoxy) is 2. The zero-order valence-electron chi connectivity index (χ0n) is 16.0. The number of rotatable bonds is 7. The zero-order valence-corrected chi connectivity index (χ0v) is 16.0. The number of carbonyl (C=O) groups excluding carboxylic acids is 2. The molecule has 7 heteroatoms. The third-order valence-electron chi connectivity index (χ3n) is 3.69. The second-order valence-corrected chi connectivity index (χ2v) is 7.17. The molecule has 2 amide bonds. The van der Waals surface area contributed by atoms with E-state index in [0.717, 1.165) is 16.5 Å². The Kier molecular flexibility index (Phi) is 6.87. The molecule has 146 valence electrons. The van der Waals surface area contributed by atoms with Gasteiger partial charge in [-0.2, -0.15) is 0 Å². The first-order valence-corrected chi connectivity index (χ1v) is 8.84. The molecular weight excluding hydrogens is 346 g/mol. The Bertz CT molecular complexity index is 792. The van der Waals surface area contributed by atoms with E-state index in [1.54, 1.807) is 20.8 Å². The minimum atomic E-state index is -0.605. The highest BCUT2D eigenvalue weighted by Crippen LogP contribution is 2.19. The van der Waals surface area contributed by atoms with Crippen molar-refractivity contribution in [2.75, 3.05) is 13.2 Å². The number of aromatic nitrogens is 1. The van der Waals surface area contributed by atoms with Gasteiger partial charge in [0.25, 0.3) is 0 Å². The number of carbonyl (C=O) groups is 2. The SMILES string of the molecule is C=CCOC(=O)NC[C@H](Cc1c[nH]c2ccccc12)NC(=O)OC(C)(C)C. The summed E-state index contributed by atoms with van der Waals surface area (Å²) in [4.78, 5) is 27.1. The normalized spacial score (nSPS) is 12.3. The van der Waals surface area contributed by atoms with E-state index in [1.165, 1.54) is 6.08 Å². The summed E-state index contributed by atoms with van der Waals surface area (Å²) in [6.07, 6.45) is 2.82. The molecule has 0 unspecified atom stereocenters. The van der Waals surface area contributed by atoms with Crippen LogP contribution in [0.1, 0.15) is 26.3 Å². The Labute approximate surface area is 159 Å². The lowest BCUT2D eigenvalue weighted by Crippen LogP contribution is -2.46. The van der Waals surface area contributed by atoms with E-state index in [4.69, 9.17) is 9.47 Å². The van der Waals surface area contributed by atoms with E-state index in [-0.39, 0.29) is 19.2 Å². The molecule has 1 aromatic heterocycles. The maximum Gasteiger partial charge on any atom is 0.407 e. The molecule has 0 aliphatic carbocycles. The van der Waals surface area contributed by atoms with Crippen LogP contribution in [-0.4, -0.2) is 42.0 Å². The number of fused-ring (bicyclic) bond motifs is 1. The summed E-state index contributed by atoms with van der Waals surface area (Å²) in [5, 5.41) is 6.55. The highest BCUT2D eigenvalue weighted by Gasteiger charge is 2.21. The van der Waals surface area contributed by atoms with Gasteiger partial charge < -0.3 is 25.1 Å². The van der Waals surface area contributed by atoms with E-state index in [0.29, 0.717) is 6.42 Å². The van der Waals surface area contributed by atoms with Crippen LogP contribution in [0, 0.1) is 0 Å². The number of hydrogen-bond acceptors (Lipinski definition) is 4. The van der Waals surface area contributed by atoms with Crippen molar-refractivity contribution in [1.29, 1.82) is 0 Å². The number of amides is 2. The average molecular weight is 373 g/mol. The summed E-state index contributed by atoms with van der Waals surface area (Å²) in [7, 11) is 0. The summed E-state index contributed by atoms with van der Waals surface area (Å²) < 4.78 is 10.2. The summed E-state index contributed by atoms with van der Waals surface area (Å²) in [6.45, 7) is 9.22. The van der Waals surface area contributed by atoms with Crippen molar-refractivity contribution in [3.05, 3.63) is 48.7 Å². The second-order valence-electron chi connectivity index (χ2n) is 7.17. The number of hydrogen-bond donors (Lipinski definition) is 3. The van der Waals surface area contributed by atoms with Crippen LogP contribution in [0.3, 0.4) is 0 Å². The summed E-state index contributed by atoms with van der Waals surface area (Å²) in [6, 6.07) is 7.55. The van der Waals surface area contributed by atoms with Gasteiger partial charge in [-0.15, -0.1) is 0 Å². The molecule has 0 spiro atoms. The van der Waals surface area contributed by atoms with Crippen LogP contribution < -0.4 is 10.6 Å². The van der Waals surface area contributed by atoms with Crippen molar-refractivity contribution < 1.29 is 19.1 Å². The summed E-state index contributed by atoms with van der Waals surface area (Å²) >= 11 is 0. The number of H-pyrrole nitrogens is 1. The monoisotopic (exact) mass is 373 g/mol. The molecule has 7 nitrogen and oxygen atoms in total. The van der Waals surface area contributed by atoms with Gasteiger partial charge >= 0.3 is 12.2 Å². The Morgan fingerprint density at radius 2 is 2.00 bits per heavy atom. The van der Waals surface area contributed by atoms with Crippen molar-refractivity contribution in [3.63, 3.8) is 0 Å². The van der Waals surface area contributed by atoms with Gasteiger partial charge in [-0.05, 0) is 38.8 Å². The zero-order chi connectivity index (χ0) is 19.9. The molecule has 1 heterocycles. The number of aromatic amines is 1. The fourth-order valence-corrected chi connectivity index (χ4v) is 2.61. The third kappa shape index (κ3) is 6.69. The van der Waals surface area contributed by atoms with Crippen LogP contribution in [0.25, 0.3) is 10.9 Å². The van der Waals surface area contributed by atoms with Crippen LogP contribution in [0.2, 0.25) is 0 Å². The standard InChI is InChI=1S/C20H27N3O4/c1-5-10-26-18(24)22-13-15(23-19(25)27-20(2,3)4)11-14-12-21-17-9-7-6-8-16(14)17/h5-9,12,15,21H,1,10-11,13H2,2-4H3,(H,22,24)(H,23,25)/t15-/m0/s1. The minimum absolute atomic E-state index is 0.123. The van der Waals surface area contributed by atoms with Crippen molar-refractivity contribution in [2.45, 2.75) is 38.8 Å². The fraction of sp³-hybridized carbons (Fsp3) is 0.400. The van der Waals surface area contributed by atoms with Gasteiger partial charge in [-0.3, -0.25) is 0 Å². The number of nitrogens with one attached hydrogen (secondary N) is 3. The molecule has 0 fully saturated rings. The lowest BCUT2D eigenvalue weighted by Gasteiger charge is -2.24. The van der Waals surface area contributed by atoms with Crippen LogP contribution in [0.15, 0.2) is 43.1 Å². The lowest BCUT2D eigenvalue weighted by molar-refractivity contribution is 0.0502. The quantitative estimate of drug-likeness (QED) is 0.648. The molecular formula is C20H27N3O4. The Morgan fingerprint density at radius 1 is 1.26 bits per heavy atom. The van der Waals surface area contributed by atoms with Gasteiger partial charge in [0.15, 0.2) is 0 Å². The van der Waals surface area contributed by atoms with Crippen LogP contribution >= 0.6 is 0 Å². The molecule has 3 N–H and O–H groups in total. The molecule has 0 saturated heterocycles. The predicted molar refractivity (Wildman–Crippen MR) is 105 cm³/mol. The van der Waals surface area contributed by atoms with E-state index < -0.39 is 17.8 Å². The van der Waals surface area contributed by atoms with E-state index in [1.807, 2.05) is 30.5 Å². The maximum absolute atomic E-state index is 12.2. The van der Waals surface area contributed by atoms with Gasteiger partial charge in [-0.25, -0.2) is 9.59 Å². The number of alkyl carbamates (subject to hydrolysis) is 2. The first-order valence-electron chi connectivity index (χ1n) is 8.84. The number of para-hydroxylation sites is 1. The molecule has 0 aliphatic rings. The molecule has 0 aliphatic heterocycles. The molecule has 27 heavy (non-hydrogen) atoms. The van der Waals surface area contributed by atoms with E-state index >= 15 is 0 Å². The summed E-state index contributed by atoms with van der Waals surface area (Å²) in [5.41, 5.74) is 1.45. The molecule has 0 saturated carbocycles. The lowest BCUT2D eigenvalue weighted by atomic mass is 10.0. The van der Waals surface area contributed by atoms with E-state index in [9.17, 15) is 9.59 Å². The largest absolute Gasteiger partial charge is 0.445 e. The molecule has 1 atom stereocenters. The van der Waals surface area contributed by atoms with Crippen LogP contribution in [0.4, 0.5) is 9.59 Å². The van der Waals surface area contributed by atoms with Gasteiger partial charge in [0.05, 0.1) is 6.04 Å². The van der Waals surface area contributed by atoms with Crippen LogP contribution in [0.5, 0.6) is 0 Å². The Morgan fingerprint density at radius 3 is 2.70 bits per heavy atom. The predicted octanol–water partition coefficient (Wildman–Crippen LogP) is 3.52. The Balaban J connectivity index is 2.07. The van der Waals surface area contributed by atoms with Crippen molar-refractivity contribution in [2.24, 2.45) is 0 Å². The van der Waals surface area contributed by atoms with Gasteiger partial charge in [0.2, 0.25) is 0 Å². The molecule has 2 rings (SSSR count). The Hall–Kier alpha value is -2.96. The third-order valence-corrected chi connectivity index (χ3v) is 3.69. The van der Waals surface area contributed by atoms with Crippen LogP contribution in [-0.2, 0) is 15.9 Å². The minimum Gasteiger partial charge on any atom is -0.445 e. The molecule has 2 aromatic rings. The first kappa shape index (κ1) is 20.4. The highest BCUT2D eigenvalue weighted by atomic mass is 16.6. The molecule has 1 aromatic carbocycles. The second kappa shape index (κ2) is 9.12. The molecule has 0 radical (unpaired) electrons. The van der Waals surface area contributed by atoms with Crippen molar-refractivity contribution >= 4 is 23.1 Å². The van der Waals surface area contributed by atoms with E-state index in [2.05, 4.69) is 22.2 Å². The van der Waals surface area contributed by atoms with Gasteiger partial charge in [0, 0.05) is 23.6 Å². The first-order chi connectivity index (χ1) is 12.8. The van der Waals surface area contributed by atoms with Gasteiger partial charge in [-0.1, -0.05) is 30.9 Å². The maximum atomic E-state index is 12.2. The van der Waals surface area contributed by atoms with Gasteiger partial charge in [0.1, 0.15) is 12.2 Å². The number of benzene rings is 1.